The van der Waals surface area contributed by atoms with Crippen LogP contribution in [0.1, 0.15) is 23.6 Å². The second kappa shape index (κ2) is 14.6. The van der Waals surface area contributed by atoms with E-state index in [4.69, 9.17) is 26.1 Å². The summed E-state index contributed by atoms with van der Waals surface area (Å²) in [5.74, 6) is 0.420. The highest BCUT2D eigenvalue weighted by molar-refractivity contribution is 8.18. The van der Waals surface area contributed by atoms with Gasteiger partial charge in [0.25, 0.3) is 17.3 Å². The molecule has 0 saturated carbocycles. The van der Waals surface area contributed by atoms with Gasteiger partial charge in [0.15, 0.2) is 16.7 Å². The molecular weight excluding hydrogens is 670 g/mol. The first-order valence-electron chi connectivity index (χ1n) is 15.1. The number of ether oxygens (including phenoxy) is 2. The number of carbonyl (C=O) groups is 1. The van der Waals surface area contributed by atoms with E-state index in [1.807, 2.05) is 37.4 Å². The topological polar surface area (TPSA) is 153 Å². The Hall–Kier alpha value is -5.66. The van der Waals surface area contributed by atoms with Gasteiger partial charge in [0, 0.05) is 47.9 Å². The minimum Gasteiger partial charge on any atom is -0.490 e. The number of aliphatic imine (C=N–C) groups is 1. The van der Waals surface area contributed by atoms with E-state index in [2.05, 4.69) is 4.98 Å². The number of rotatable bonds is 12. The molecule has 248 valence electrons. The Morgan fingerprint density at radius 1 is 0.959 bits per heavy atom. The number of halogens is 1. The van der Waals surface area contributed by atoms with Crippen molar-refractivity contribution in [2.45, 2.75) is 20.0 Å². The number of thioether (sulfide) groups is 1. The minimum absolute atomic E-state index is 0.0222. The Morgan fingerprint density at radius 2 is 1.65 bits per heavy atom. The fourth-order valence-electron chi connectivity index (χ4n) is 5.21. The number of aromatic amines is 1. The molecule has 6 rings (SSSR count). The van der Waals surface area contributed by atoms with E-state index in [0.717, 1.165) is 16.5 Å². The number of benzene rings is 4. The summed E-state index contributed by atoms with van der Waals surface area (Å²) in [7, 11) is 0. The van der Waals surface area contributed by atoms with E-state index >= 15 is 0 Å². The summed E-state index contributed by atoms with van der Waals surface area (Å²) >= 11 is 7.87. The highest BCUT2D eigenvalue weighted by Gasteiger charge is 2.33. The van der Waals surface area contributed by atoms with Crippen molar-refractivity contribution in [1.29, 1.82) is 0 Å². The van der Waals surface area contributed by atoms with E-state index in [1.165, 1.54) is 36.0 Å². The number of nitrogens with zero attached hydrogens (tertiary/aromatic N) is 4. The third-order valence-electron chi connectivity index (χ3n) is 7.61. The van der Waals surface area contributed by atoms with Gasteiger partial charge in [-0.3, -0.25) is 29.9 Å². The number of H-pyrrole nitrogens is 1. The van der Waals surface area contributed by atoms with Crippen molar-refractivity contribution in [3.63, 3.8) is 0 Å². The number of fused-ring (bicyclic) bond motifs is 1. The normalized spacial score (nSPS) is 14.6. The SMILES string of the molecule is CCOc1cc(/C=C2\SC(=Nc3ccc([N+](=O)[O-])cc3)N(CCc3c[nH]c4ccccc34)C2=O)cc(Cl)c1OCc1ccc([N+](=O)[O-])cc1. The molecule has 1 aliphatic heterocycles. The number of non-ortho nitro benzene ring substituents is 2. The standard InChI is InChI=1S/C35H28ClN5O7S/c1-2-47-31-18-23(17-29(36)33(31)48-21-22-7-11-26(12-8-22)40(43)44)19-32-34(42)39(16-15-24-20-37-30-6-4-3-5-28(24)30)35(49-32)38-25-9-13-27(14-10-25)41(45)46/h3-14,17-20,37H,2,15-16,21H2,1H3/b32-19-,38-35?. The van der Waals surface area contributed by atoms with Crippen LogP contribution in [0.15, 0.2) is 101 Å². The maximum Gasteiger partial charge on any atom is 0.269 e. The molecule has 4 aromatic carbocycles. The fourth-order valence-corrected chi connectivity index (χ4v) is 6.51. The molecule has 12 nitrogen and oxygen atoms in total. The predicted octanol–water partition coefficient (Wildman–Crippen LogP) is 8.46. The number of hydrogen-bond acceptors (Lipinski definition) is 9. The molecule has 1 saturated heterocycles. The van der Waals surface area contributed by atoms with Gasteiger partial charge in [-0.25, -0.2) is 4.99 Å². The van der Waals surface area contributed by atoms with Crippen molar-refractivity contribution >= 4 is 68.5 Å². The molecule has 0 unspecified atom stereocenters. The van der Waals surface area contributed by atoms with Gasteiger partial charge in [-0.1, -0.05) is 29.8 Å². The van der Waals surface area contributed by atoms with Gasteiger partial charge in [-0.2, -0.15) is 0 Å². The summed E-state index contributed by atoms with van der Waals surface area (Å²) in [6.45, 7) is 2.59. The maximum absolute atomic E-state index is 13.9. The molecule has 0 spiro atoms. The molecule has 0 bridgehead atoms. The van der Waals surface area contributed by atoms with Crippen LogP contribution < -0.4 is 9.47 Å². The van der Waals surface area contributed by atoms with Gasteiger partial charge < -0.3 is 14.5 Å². The average Bonchev–Trinajstić information content (AvgIpc) is 3.63. The number of amides is 1. The largest absolute Gasteiger partial charge is 0.490 e. The quantitative estimate of drug-likeness (QED) is 0.0774. The van der Waals surface area contributed by atoms with Crippen LogP contribution in [-0.2, 0) is 17.8 Å². The van der Waals surface area contributed by atoms with Crippen molar-refractivity contribution < 1.29 is 24.1 Å². The van der Waals surface area contributed by atoms with Gasteiger partial charge in [-0.05, 0) is 90.3 Å². The third kappa shape index (κ3) is 7.58. The molecule has 1 fully saturated rings. The summed E-state index contributed by atoms with van der Waals surface area (Å²) in [5.41, 5.74) is 3.75. The van der Waals surface area contributed by atoms with E-state index in [0.29, 0.717) is 58.0 Å². The molecule has 1 N–H and O–H groups in total. The summed E-state index contributed by atoms with van der Waals surface area (Å²) < 4.78 is 11.8. The molecule has 1 amide bonds. The van der Waals surface area contributed by atoms with Crippen LogP contribution in [-0.4, -0.2) is 44.0 Å². The lowest BCUT2D eigenvalue weighted by atomic mass is 10.1. The fraction of sp³-hybridized carbons (Fsp3) is 0.143. The zero-order chi connectivity index (χ0) is 34.5. The summed E-state index contributed by atoms with van der Waals surface area (Å²) in [5, 5.41) is 23.9. The minimum atomic E-state index is -0.479. The van der Waals surface area contributed by atoms with Crippen molar-refractivity contribution in [2.24, 2.45) is 4.99 Å². The predicted molar refractivity (Wildman–Crippen MR) is 190 cm³/mol. The smallest absolute Gasteiger partial charge is 0.269 e. The summed E-state index contributed by atoms with van der Waals surface area (Å²) in [6.07, 6.45) is 4.20. The molecule has 0 aliphatic carbocycles. The number of carbonyl (C=O) groups excluding carboxylic acids is 1. The Bertz CT molecular complexity index is 2110. The summed E-state index contributed by atoms with van der Waals surface area (Å²) in [6, 6.07) is 23.2. The van der Waals surface area contributed by atoms with Crippen molar-refractivity contribution in [2.75, 3.05) is 13.2 Å². The van der Waals surface area contributed by atoms with E-state index in [9.17, 15) is 25.0 Å². The second-order valence-corrected chi connectivity index (χ2v) is 12.2. The zero-order valence-corrected chi connectivity index (χ0v) is 27.6. The molecule has 0 radical (unpaired) electrons. The third-order valence-corrected chi connectivity index (χ3v) is 8.90. The number of nitro groups is 2. The van der Waals surface area contributed by atoms with E-state index in [-0.39, 0.29) is 28.9 Å². The molecule has 1 aliphatic rings. The van der Waals surface area contributed by atoms with Crippen molar-refractivity contribution in [3.05, 3.63) is 138 Å². The van der Waals surface area contributed by atoms with Crippen LogP contribution in [0.2, 0.25) is 5.02 Å². The van der Waals surface area contributed by atoms with Gasteiger partial charge >= 0.3 is 0 Å². The average molecular weight is 698 g/mol. The van der Waals surface area contributed by atoms with Gasteiger partial charge in [0.1, 0.15) is 6.61 Å². The van der Waals surface area contributed by atoms with Crippen molar-refractivity contribution in [3.8, 4) is 11.5 Å². The molecular formula is C35H28ClN5O7S. The molecule has 2 heterocycles. The Balaban J connectivity index is 1.28. The molecule has 5 aromatic rings. The molecule has 49 heavy (non-hydrogen) atoms. The van der Waals surface area contributed by atoms with Crippen LogP contribution in [0.5, 0.6) is 11.5 Å². The molecule has 1 aromatic heterocycles. The van der Waals surface area contributed by atoms with Gasteiger partial charge in [0.2, 0.25) is 0 Å². The van der Waals surface area contributed by atoms with Crippen molar-refractivity contribution in [1.82, 2.24) is 9.88 Å². The highest BCUT2D eigenvalue weighted by atomic mass is 35.5. The lowest BCUT2D eigenvalue weighted by molar-refractivity contribution is -0.385. The number of nitrogens with one attached hydrogen (secondary N) is 1. The van der Waals surface area contributed by atoms with Gasteiger partial charge in [-0.15, -0.1) is 0 Å². The van der Waals surface area contributed by atoms with Crippen LogP contribution in [0, 0.1) is 20.2 Å². The Kier molecular flexibility index (Phi) is 9.92. The number of para-hydroxylation sites is 1. The molecule has 14 heteroatoms. The van der Waals surface area contributed by atoms with Crippen LogP contribution in [0.25, 0.3) is 17.0 Å². The number of amidine groups is 1. The van der Waals surface area contributed by atoms with E-state index < -0.39 is 9.85 Å². The summed E-state index contributed by atoms with van der Waals surface area (Å²) in [4.78, 5) is 45.1. The van der Waals surface area contributed by atoms with E-state index in [1.54, 1.807) is 47.4 Å². The van der Waals surface area contributed by atoms with Crippen LogP contribution in [0.3, 0.4) is 0 Å². The number of aromatic nitrogens is 1. The first-order chi connectivity index (χ1) is 23.7. The highest BCUT2D eigenvalue weighted by Crippen LogP contribution is 2.40. The second-order valence-electron chi connectivity index (χ2n) is 10.8. The van der Waals surface area contributed by atoms with Crippen LogP contribution in [0.4, 0.5) is 17.1 Å². The Morgan fingerprint density at radius 3 is 2.35 bits per heavy atom. The lowest BCUT2D eigenvalue weighted by Crippen LogP contribution is -2.31. The molecule has 0 atom stereocenters. The first kappa shape index (κ1) is 33.2. The Labute approximate surface area is 289 Å². The zero-order valence-electron chi connectivity index (χ0n) is 26.0. The van der Waals surface area contributed by atoms with Crippen LogP contribution >= 0.6 is 23.4 Å². The van der Waals surface area contributed by atoms with Gasteiger partial charge in [0.05, 0.1) is 32.1 Å². The first-order valence-corrected chi connectivity index (χ1v) is 16.3. The lowest BCUT2D eigenvalue weighted by Gasteiger charge is -2.15. The number of hydrogen-bond donors (Lipinski definition) is 1. The monoisotopic (exact) mass is 697 g/mol. The maximum atomic E-state index is 13.9. The number of nitro benzene ring substituents is 2.